The molecule has 0 aliphatic heterocycles. The SMILES string of the molecule is FC(F)(F)CC1CC1CBr. The quantitative estimate of drug-likeness (QED) is 0.623. The van der Waals surface area contributed by atoms with Gasteiger partial charge in [-0.2, -0.15) is 13.2 Å². The molecular weight excluding hydrogens is 209 g/mol. The van der Waals surface area contributed by atoms with Gasteiger partial charge >= 0.3 is 6.18 Å². The van der Waals surface area contributed by atoms with Crippen molar-refractivity contribution < 1.29 is 13.2 Å². The molecule has 0 spiro atoms. The molecule has 0 saturated heterocycles. The van der Waals surface area contributed by atoms with Crippen LogP contribution in [-0.2, 0) is 0 Å². The molecule has 0 nitrogen and oxygen atoms in total. The van der Waals surface area contributed by atoms with E-state index in [1.165, 1.54) is 0 Å². The lowest BCUT2D eigenvalue weighted by atomic mass is 10.2. The Balaban J connectivity index is 2.18. The van der Waals surface area contributed by atoms with Crippen molar-refractivity contribution in [2.24, 2.45) is 11.8 Å². The Morgan fingerprint density at radius 2 is 1.90 bits per heavy atom. The highest BCUT2D eigenvalue weighted by atomic mass is 79.9. The lowest BCUT2D eigenvalue weighted by Crippen LogP contribution is -2.08. The summed E-state index contributed by atoms with van der Waals surface area (Å²) in [7, 11) is 0. The molecule has 0 radical (unpaired) electrons. The van der Waals surface area contributed by atoms with Crippen LogP contribution in [0.4, 0.5) is 13.2 Å². The average molecular weight is 217 g/mol. The van der Waals surface area contributed by atoms with Crippen LogP contribution in [0.15, 0.2) is 0 Å². The standard InChI is InChI=1S/C6H8BrF3/c7-3-5-1-4(5)2-6(8,9)10/h4-5H,1-3H2. The molecule has 10 heavy (non-hydrogen) atoms. The monoisotopic (exact) mass is 216 g/mol. The minimum absolute atomic E-state index is 0.0978. The van der Waals surface area contributed by atoms with E-state index in [4.69, 9.17) is 0 Å². The molecule has 4 heteroatoms. The summed E-state index contributed by atoms with van der Waals surface area (Å²) < 4.78 is 34.9. The second-order valence-electron chi connectivity index (χ2n) is 2.73. The average Bonchev–Trinajstić information content (AvgIpc) is 2.42. The number of halogens is 4. The molecule has 1 rings (SSSR count). The smallest absolute Gasteiger partial charge is 0.171 e. The fourth-order valence-electron chi connectivity index (χ4n) is 1.05. The van der Waals surface area contributed by atoms with Gasteiger partial charge in [0.2, 0.25) is 0 Å². The summed E-state index contributed by atoms with van der Waals surface area (Å²) in [5.41, 5.74) is 0. The normalized spacial score (nSPS) is 32.4. The predicted octanol–water partition coefficient (Wildman–Crippen LogP) is 2.97. The van der Waals surface area contributed by atoms with Gasteiger partial charge in [0.05, 0.1) is 0 Å². The summed E-state index contributed by atoms with van der Waals surface area (Å²) in [5.74, 6) is 0.181. The van der Waals surface area contributed by atoms with Gasteiger partial charge in [0, 0.05) is 11.8 Å². The Bertz CT molecular complexity index is 121. The van der Waals surface area contributed by atoms with E-state index < -0.39 is 12.6 Å². The zero-order chi connectivity index (χ0) is 7.78. The van der Waals surface area contributed by atoms with Crippen LogP contribution in [0.25, 0.3) is 0 Å². The first-order chi connectivity index (χ1) is 4.53. The van der Waals surface area contributed by atoms with Crippen LogP contribution < -0.4 is 0 Å². The summed E-state index contributed by atoms with van der Waals surface area (Å²) in [6.07, 6.45) is -3.81. The maximum Gasteiger partial charge on any atom is 0.389 e. The van der Waals surface area contributed by atoms with Crippen LogP contribution in [0.3, 0.4) is 0 Å². The molecule has 60 valence electrons. The molecule has 2 atom stereocenters. The van der Waals surface area contributed by atoms with Gasteiger partial charge in [-0.15, -0.1) is 0 Å². The van der Waals surface area contributed by atoms with E-state index in [1.807, 2.05) is 0 Å². The van der Waals surface area contributed by atoms with Crippen LogP contribution in [0.2, 0.25) is 0 Å². The first-order valence-electron chi connectivity index (χ1n) is 3.15. The third-order valence-electron chi connectivity index (χ3n) is 1.76. The molecule has 0 amide bonds. The van der Waals surface area contributed by atoms with Gasteiger partial charge in [0.1, 0.15) is 0 Å². The highest BCUT2D eigenvalue weighted by Crippen LogP contribution is 2.46. The minimum Gasteiger partial charge on any atom is -0.171 e. The summed E-state index contributed by atoms with van der Waals surface area (Å²) in [6.45, 7) is 0. The van der Waals surface area contributed by atoms with Crippen molar-refractivity contribution in [3.8, 4) is 0 Å². The maximum absolute atomic E-state index is 11.6. The van der Waals surface area contributed by atoms with Crippen molar-refractivity contribution in [2.75, 3.05) is 5.33 Å². The van der Waals surface area contributed by atoms with E-state index in [0.717, 1.165) is 6.42 Å². The largest absolute Gasteiger partial charge is 0.389 e. The molecule has 2 unspecified atom stereocenters. The minimum atomic E-state index is -3.96. The van der Waals surface area contributed by atoms with Gasteiger partial charge in [-0.25, -0.2) is 0 Å². The van der Waals surface area contributed by atoms with E-state index in [9.17, 15) is 13.2 Å². The lowest BCUT2D eigenvalue weighted by molar-refractivity contribution is -0.138. The van der Waals surface area contributed by atoms with Crippen LogP contribution in [0, 0.1) is 11.8 Å². The van der Waals surface area contributed by atoms with E-state index in [1.54, 1.807) is 0 Å². The topological polar surface area (TPSA) is 0 Å². The molecule has 1 fully saturated rings. The van der Waals surface area contributed by atoms with E-state index in [0.29, 0.717) is 5.33 Å². The molecular formula is C6H8BrF3. The second-order valence-corrected chi connectivity index (χ2v) is 3.38. The van der Waals surface area contributed by atoms with Crippen LogP contribution in [0.5, 0.6) is 0 Å². The fourth-order valence-corrected chi connectivity index (χ4v) is 1.84. The van der Waals surface area contributed by atoms with Crippen molar-refractivity contribution in [3.63, 3.8) is 0 Å². The second kappa shape index (κ2) is 2.72. The first kappa shape index (κ1) is 8.37. The Labute approximate surface area is 65.9 Å². The van der Waals surface area contributed by atoms with Gasteiger partial charge < -0.3 is 0 Å². The van der Waals surface area contributed by atoms with Crippen molar-refractivity contribution in [1.82, 2.24) is 0 Å². The molecule has 1 saturated carbocycles. The number of alkyl halides is 4. The van der Waals surface area contributed by atoms with Crippen LogP contribution in [0.1, 0.15) is 12.8 Å². The predicted molar refractivity (Wildman–Crippen MR) is 36.1 cm³/mol. The van der Waals surface area contributed by atoms with E-state index >= 15 is 0 Å². The molecule has 1 aliphatic rings. The first-order valence-corrected chi connectivity index (χ1v) is 4.28. The molecule has 0 N–H and O–H groups in total. The van der Waals surface area contributed by atoms with E-state index in [2.05, 4.69) is 15.9 Å². The zero-order valence-electron chi connectivity index (χ0n) is 5.29. The van der Waals surface area contributed by atoms with Crippen molar-refractivity contribution in [2.45, 2.75) is 19.0 Å². The molecule has 0 bridgehead atoms. The zero-order valence-corrected chi connectivity index (χ0v) is 6.87. The summed E-state index contributed by atoms with van der Waals surface area (Å²) in [5, 5.41) is 0.716. The molecule has 0 aromatic rings. The van der Waals surface area contributed by atoms with E-state index in [-0.39, 0.29) is 11.8 Å². The van der Waals surface area contributed by atoms with Gasteiger partial charge in [0.15, 0.2) is 0 Å². The van der Waals surface area contributed by atoms with Crippen LogP contribution in [-0.4, -0.2) is 11.5 Å². The maximum atomic E-state index is 11.6. The van der Waals surface area contributed by atoms with Gasteiger partial charge in [-0.3, -0.25) is 0 Å². The molecule has 0 heterocycles. The van der Waals surface area contributed by atoms with Gasteiger partial charge in [0.25, 0.3) is 0 Å². The highest BCUT2D eigenvalue weighted by molar-refractivity contribution is 9.09. The highest BCUT2D eigenvalue weighted by Gasteiger charge is 2.44. The Morgan fingerprint density at radius 1 is 1.30 bits per heavy atom. The third kappa shape index (κ3) is 2.48. The fraction of sp³-hybridized carbons (Fsp3) is 1.00. The van der Waals surface area contributed by atoms with Gasteiger partial charge in [-0.05, 0) is 18.3 Å². The molecule has 0 aromatic carbocycles. The Morgan fingerprint density at radius 3 is 2.20 bits per heavy atom. The molecule has 1 aliphatic carbocycles. The van der Waals surface area contributed by atoms with Crippen molar-refractivity contribution >= 4 is 15.9 Å². The summed E-state index contributed by atoms with van der Waals surface area (Å²) >= 11 is 3.16. The van der Waals surface area contributed by atoms with Crippen LogP contribution >= 0.6 is 15.9 Å². The van der Waals surface area contributed by atoms with Crippen molar-refractivity contribution in [3.05, 3.63) is 0 Å². The van der Waals surface area contributed by atoms with Gasteiger partial charge in [-0.1, -0.05) is 15.9 Å². The number of rotatable bonds is 2. The Kier molecular flexibility index (Phi) is 2.28. The lowest BCUT2D eigenvalue weighted by Gasteiger charge is -2.03. The number of hydrogen-bond acceptors (Lipinski definition) is 0. The summed E-state index contributed by atoms with van der Waals surface area (Å²) in [4.78, 5) is 0. The third-order valence-corrected chi connectivity index (χ3v) is 2.59. The summed E-state index contributed by atoms with van der Waals surface area (Å²) in [6, 6.07) is 0. The van der Waals surface area contributed by atoms with Crippen molar-refractivity contribution in [1.29, 1.82) is 0 Å². The number of hydrogen-bond donors (Lipinski definition) is 0. The Hall–Kier alpha value is 0.270. The molecule has 0 aromatic heterocycles.